The van der Waals surface area contributed by atoms with Crippen LogP contribution in [-0.4, -0.2) is 61.5 Å². The molecule has 0 aliphatic carbocycles. The zero-order valence-corrected chi connectivity index (χ0v) is 17.5. The van der Waals surface area contributed by atoms with E-state index in [0.29, 0.717) is 39.1 Å². The molecule has 1 unspecified atom stereocenters. The van der Waals surface area contributed by atoms with Crippen LogP contribution in [0.2, 0.25) is 0 Å². The highest BCUT2D eigenvalue weighted by atomic mass is 16.5. The van der Waals surface area contributed by atoms with Crippen molar-refractivity contribution in [1.29, 1.82) is 0 Å². The van der Waals surface area contributed by atoms with E-state index in [4.69, 9.17) is 9.47 Å². The van der Waals surface area contributed by atoms with Gasteiger partial charge in [0.05, 0.1) is 25.3 Å². The van der Waals surface area contributed by atoms with Gasteiger partial charge in [-0.3, -0.25) is 4.79 Å². The molecule has 0 spiro atoms. The Morgan fingerprint density at radius 3 is 2.67 bits per heavy atom. The number of methoxy groups -OCH3 is 1. The Hall–Kier alpha value is -2.41. The van der Waals surface area contributed by atoms with Crippen LogP contribution in [0.15, 0.2) is 48.5 Å². The Morgan fingerprint density at radius 2 is 1.93 bits per heavy atom. The van der Waals surface area contributed by atoms with Crippen LogP contribution in [0, 0.1) is 0 Å². The average molecular weight is 411 g/mol. The molecule has 0 saturated carbocycles. The predicted octanol–water partition coefficient (Wildman–Crippen LogP) is 2.30. The Bertz CT molecular complexity index is 862. The molecule has 0 aromatic heterocycles. The third-order valence-electron chi connectivity index (χ3n) is 6.19. The summed E-state index contributed by atoms with van der Waals surface area (Å²) in [7, 11) is 1.65. The molecule has 2 heterocycles. The number of amides is 1. The Kier molecular flexibility index (Phi) is 6.37. The van der Waals surface area contributed by atoms with Crippen molar-refractivity contribution in [2.45, 2.75) is 30.9 Å². The summed E-state index contributed by atoms with van der Waals surface area (Å²) in [5, 5.41) is 13.8. The molecule has 30 heavy (non-hydrogen) atoms. The van der Waals surface area contributed by atoms with Gasteiger partial charge < -0.3 is 24.8 Å². The lowest BCUT2D eigenvalue weighted by Crippen LogP contribution is -2.49. The number of nitrogens with one attached hydrogen (secondary N) is 1. The average Bonchev–Trinajstić information content (AvgIpc) is 2.78. The van der Waals surface area contributed by atoms with Gasteiger partial charge in [-0.15, -0.1) is 0 Å². The van der Waals surface area contributed by atoms with E-state index in [1.54, 1.807) is 7.11 Å². The summed E-state index contributed by atoms with van der Waals surface area (Å²) < 4.78 is 10.6. The molecule has 1 amide bonds. The normalized spacial score (nSPS) is 20.5. The first-order chi connectivity index (χ1) is 14.6. The highest BCUT2D eigenvalue weighted by Crippen LogP contribution is 2.35. The lowest BCUT2D eigenvalue weighted by atomic mass is 9.88. The van der Waals surface area contributed by atoms with Gasteiger partial charge in [0.2, 0.25) is 5.91 Å². The zero-order chi connectivity index (χ0) is 21.0. The number of benzene rings is 2. The first-order valence-electron chi connectivity index (χ1n) is 10.6. The molecule has 6 heteroatoms. The van der Waals surface area contributed by atoms with Crippen LogP contribution < -0.4 is 10.1 Å². The molecule has 160 valence electrons. The summed E-state index contributed by atoms with van der Waals surface area (Å²) in [5.74, 6) is 0.841. The fourth-order valence-corrected chi connectivity index (χ4v) is 4.41. The molecule has 6 nitrogen and oxygen atoms in total. The fourth-order valence-electron chi connectivity index (χ4n) is 4.41. The van der Waals surface area contributed by atoms with Crippen molar-refractivity contribution in [1.82, 2.24) is 10.2 Å². The van der Waals surface area contributed by atoms with Crippen LogP contribution in [0.1, 0.15) is 35.6 Å². The number of hydrogen-bond acceptors (Lipinski definition) is 5. The maximum atomic E-state index is 13.2. The standard InChI is InChI=1S/C24H30N2O4/c1-29-20-8-6-19(7-9-20)23-21-5-3-2-4-18(21)10-13-26(23)22(27)16-25-17-24(28)11-14-30-15-12-24/h2-9,23,25,28H,10-17H2,1H3. The smallest absolute Gasteiger partial charge is 0.237 e. The van der Waals surface area contributed by atoms with E-state index in [0.717, 1.165) is 17.7 Å². The predicted molar refractivity (Wildman–Crippen MR) is 115 cm³/mol. The Labute approximate surface area is 177 Å². The van der Waals surface area contributed by atoms with Crippen LogP contribution in [0.25, 0.3) is 0 Å². The third kappa shape index (κ3) is 4.51. The van der Waals surface area contributed by atoms with Gasteiger partial charge >= 0.3 is 0 Å². The molecule has 2 aliphatic rings. The first-order valence-corrected chi connectivity index (χ1v) is 10.6. The number of hydrogen-bond donors (Lipinski definition) is 2. The summed E-state index contributed by atoms with van der Waals surface area (Å²) >= 11 is 0. The van der Waals surface area contributed by atoms with E-state index in [1.807, 2.05) is 35.2 Å². The van der Waals surface area contributed by atoms with Gasteiger partial charge in [-0.05, 0) is 35.2 Å². The van der Waals surface area contributed by atoms with Crippen LogP contribution >= 0.6 is 0 Å². The molecule has 2 aromatic carbocycles. The highest BCUT2D eigenvalue weighted by Gasteiger charge is 2.33. The number of carbonyl (C=O) groups excluding carboxylic acids is 1. The summed E-state index contributed by atoms with van der Waals surface area (Å²) in [6, 6.07) is 16.2. The topological polar surface area (TPSA) is 71.0 Å². The van der Waals surface area contributed by atoms with Crippen molar-refractivity contribution in [2.75, 3.05) is 40.0 Å². The number of aliphatic hydroxyl groups is 1. The summed E-state index contributed by atoms with van der Waals surface area (Å²) in [6.45, 7) is 2.41. The molecule has 1 saturated heterocycles. The second-order valence-corrected chi connectivity index (χ2v) is 8.15. The lowest BCUT2D eigenvalue weighted by Gasteiger charge is -2.38. The molecule has 1 fully saturated rings. The van der Waals surface area contributed by atoms with Crippen molar-refractivity contribution < 1.29 is 19.4 Å². The van der Waals surface area contributed by atoms with E-state index in [1.165, 1.54) is 11.1 Å². The molecule has 4 rings (SSSR count). The molecule has 2 aliphatic heterocycles. The van der Waals surface area contributed by atoms with Crippen LogP contribution in [0.5, 0.6) is 5.75 Å². The van der Waals surface area contributed by atoms with Gasteiger partial charge in [0, 0.05) is 39.1 Å². The third-order valence-corrected chi connectivity index (χ3v) is 6.19. The van der Waals surface area contributed by atoms with E-state index in [2.05, 4.69) is 23.5 Å². The largest absolute Gasteiger partial charge is 0.497 e. The molecular weight excluding hydrogens is 380 g/mol. The second-order valence-electron chi connectivity index (χ2n) is 8.15. The van der Waals surface area contributed by atoms with Gasteiger partial charge in [-0.1, -0.05) is 36.4 Å². The van der Waals surface area contributed by atoms with Gasteiger partial charge in [-0.2, -0.15) is 0 Å². The Morgan fingerprint density at radius 1 is 1.20 bits per heavy atom. The molecule has 2 aromatic rings. The molecule has 0 radical (unpaired) electrons. The zero-order valence-electron chi connectivity index (χ0n) is 17.5. The minimum atomic E-state index is -0.789. The van der Waals surface area contributed by atoms with Gasteiger partial charge in [-0.25, -0.2) is 0 Å². The number of fused-ring (bicyclic) bond motifs is 1. The number of ether oxygens (including phenoxy) is 2. The van der Waals surface area contributed by atoms with Crippen molar-refractivity contribution in [3.05, 3.63) is 65.2 Å². The first kappa shape index (κ1) is 20.8. The molecule has 2 N–H and O–H groups in total. The molecule has 0 bridgehead atoms. The van der Waals surface area contributed by atoms with Crippen molar-refractivity contribution in [2.24, 2.45) is 0 Å². The van der Waals surface area contributed by atoms with Crippen LogP contribution in [0.3, 0.4) is 0 Å². The van der Waals surface area contributed by atoms with Crippen molar-refractivity contribution in [3.63, 3.8) is 0 Å². The second kappa shape index (κ2) is 9.16. The summed E-state index contributed by atoms with van der Waals surface area (Å²) in [6.07, 6.45) is 2.04. The monoisotopic (exact) mass is 410 g/mol. The summed E-state index contributed by atoms with van der Waals surface area (Å²) in [5.41, 5.74) is 2.74. The quantitative estimate of drug-likeness (QED) is 0.765. The van der Waals surface area contributed by atoms with Gasteiger partial charge in [0.15, 0.2) is 0 Å². The highest BCUT2D eigenvalue weighted by molar-refractivity contribution is 5.79. The maximum absolute atomic E-state index is 13.2. The maximum Gasteiger partial charge on any atom is 0.237 e. The van der Waals surface area contributed by atoms with E-state index in [9.17, 15) is 9.90 Å². The van der Waals surface area contributed by atoms with Crippen molar-refractivity contribution in [3.8, 4) is 5.75 Å². The molecular formula is C24H30N2O4. The number of carbonyl (C=O) groups is 1. The Balaban J connectivity index is 1.50. The number of nitrogens with zero attached hydrogens (tertiary/aromatic N) is 1. The summed E-state index contributed by atoms with van der Waals surface area (Å²) in [4.78, 5) is 15.1. The minimum absolute atomic E-state index is 0.0426. The minimum Gasteiger partial charge on any atom is -0.497 e. The SMILES string of the molecule is COc1ccc(C2c3ccccc3CCN2C(=O)CNCC2(O)CCOCC2)cc1. The fraction of sp³-hybridized carbons (Fsp3) is 0.458. The van der Waals surface area contributed by atoms with E-state index in [-0.39, 0.29) is 18.5 Å². The van der Waals surface area contributed by atoms with Gasteiger partial charge in [0.1, 0.15) is 5.75 Å². The van der Waals surface area contributed by atoms with Crippen LogP contribution in [-0.2, 0) is 16.0 Å². The molecule has 1 atom stereocenters. The van der Waals surface area contributed by atoms with E-state index >= 15 is 0 Å². The van der Waals surface area contributed by atoms with Gasteiger partial charge in [0.25, 0.3) is 0 Å². The number of rotatable bonds is 6. The lowest BCUT2D eigenvalue weighted by molar-refractivity contribution is -0.132. The van der Waals surface area contributed by atoms with Crippen LogP contribution in [0.4, 0.5) is 0 Å². The van der Waals surface area contributed by atoms with E-state index < -0.39 is 5.60 Å². The van der Waals surface area contributed by atoms with Crippen molar-refractivity contribution >= 4 is 5.91 Å².